The molecule has 2 aromatic carbocycles. The Kier molecular flexibility index (Phi) is 9.52. The first-order valence-corrected chi connectivity index (χ1v) is 15.4. The van der Waals surface area contributed by atoms with Crippen molar-refractivity contribution in [1.82, 2.24) is 4.90 Å². The standard InChI is InChI=1S/C28H41NO5Si/c1-28(2,3)35(5,6)34-20-19-32-18-17-31-16-15-29(4)27(30)33-21-26-24-13-9-7-11-22(24)23-12-8-10-14-25(23)26/h7-14,26H,15-21H2,1-6H3. The molecule has 0 fully saturated rings. The topological polar surface area (TPSA) is 57.2 Å². The lowest BCUT2D eigenvalue weighted by Crippen LogP contribution is -2.41. The molecule has 0 atom stereocenters. The van der Waals surface area contributed by atoms with Crippen molar-refractivity contribution in [3.63, 3.8) is 0 Å². The first-order valence-electron chi connectivity index (χ1n) is 12.5. The lowest BCUT2D eigenvalue weighted by atomic mass is 9.98. The van der Waals surface area contributed by atoms with Gasteiger partial charge in [-0.05, 0) is 40.4 Å². The van der Waals surface area contributed by atoms with Crippen LogP contribution in [0.4, 0.5) is 4.79 Å². The molecule has 0 unspecified atom stereocenters. The predicted molar refractivity (Wildman–Crippen MR) is 142 cm³/mol. The van der Waals surface area contributed by atoms with Crippen molar-refractivity contribution < 1.29 is 23.4 Å². The summed E-state index contributed by atoms with van der Waals surface area (Å²) >= 11 is 0. The Morgan fingerprint density at radius 1 is 0.857 bits per heavy atom. The van der Waals surface area contributed by atoms with Crippen LogP contribution in [0.15, 0.2) is 48.5 Å². The maximum atomic E-state index is 12.5. The molecule has 1 aliphatic carbocycles. The number of nitrogens with zero attached hydrogens (tertiary/aromatic N) is 1. The molecule has 6 nitrogen and oxygen atoms in total. The molecule has 0 radical (unpaired) electrons. The summed E-state index contributed by atoms with van der Waals surface area (Å²) in [6.07, 6.45) is -0.338. The Balaban J connectivity index is 1.30. The van der Waals surface area contributed by atoms with Crippen LogP contribution in [0.5, 0.6) is 0 Å². The van der Waals surface area contributed by atoms with Crippen molar-refractivity contribution in [2.75, 3.05) is 53.2 Å². The summed E-state index contributed by atoms with van der Waals surface area (Å²) in [4.78, 5) is 14.1. The minimum atomic E-state index is -1.72. The smallest absolute Gasteiger partial charge is 0.409 e. The number of carbonyl (C=O) groups excluding carboxylic acids is 1. The maximum absolute atomic E-state index is 12.5. The van der Waals surface area contributed by atoms with Gasteiger partial charge in [0.15, 0.2) is 8.32 Å². The minimum absolute atomic E-state index is 0.0637. The lowest BCUT2D eigenvalue weighted by molar-refractivity contribution is 0.0280. The van der Waals surface area contributed by atoms with Crippen molar-refractivity contribution in [3.8, 4) is 11.1 Å². The van der Waals surface area contributed by atoms with E-state index in [9.17, 15) is 4.79 Å². The molecule has 7 heteroatoms. The SMILES string of the molecule is CN(CCOCCOCCO[Si](C)(C)C(C)(C)C)C(=O)OCC1c2ccccc2-c2ccccc21. The van der Waals surface area contributed by atoms with E-state index in [0.717, 1.165) is 0 Å². The van der Waals surface area contributed by atoms with Gasteiger partial charge in [-0.3, -0.25) is 0 Å². The van der Waals surface area contributed by atoms with Gasteiger partial charge in [-0.2, -0.15) is 0 Å². The average Bonchev–Trinajstić information content (AvgIpc) is 3.14. The summed E-state index contributed by atoms with van der Waals surface area (Å²) in [5, 5.41) is 0.204. The zero-order valence-electron chi connectivity index (χ0n) is 22.1. The van der Waals surface area contributed by atoms with E-state index in [2.05, 4.69) is 58.1 Å². The van der Waals surface area contributed by atoms with Crippen LogP contribution in [-0.4, -0.2) is 72.5 Å². The number of ether oxygens (including phenoxy) is 3. The highest BCUT2D eigenvalue weighted by Gasteiger charge is 2.36. The lowest BCUT2D eigenvalue weighted by Gasteiger charge is -2.36. The van der Waals surface area contributed by atoms with E-state index in [1.807, 2.05) is 24.3 Å². The molecule has 1 aliphatic rings. The Morgan fingerprint density at radius 2 is 1.37 bits per heavy atom. The molecule has 0 saturated heterocycles. The minimum Gasteiger partial charge on any atom is -0.448 e. The first-order chi connectivity index (χ1) is 16.6. The second kappa shape index (κ2) is 12.2. The summed E-state index contributed by atoms with van der Waals surface area (Å²) in [6.45, 7) is 14.6. The normalized spacial score (nSPS) is 13.4. The Labute approximate surface area is 211 Å². The van der Waals surface area contributed by atoms with Crippen LogP contribution in [-0.2, 0) is 18.6 Å². The number of rotatable bonds is 12. The van der Waals surface area contributed by atoms with Crippen LogP contribution in [0.25, 0.3) is 11.1 Å². The van der Waals surface area contributed by atoms with Crippen LogP contribution in [0.2, 0.25) is 18.1 Å². The van der Waals surface area contributed by atoms with E-state index in [0.29, 0.717) is 46.2 Å². The molecule has 3 rings (SSSR count). The summed E-state index contributed by atoms with van der Waals surface area (Å²) < 4.78 is 23.0. The van der Waals surface area contributed by atoms with Gasteiger partial charge in [0, 0.05) is 19.5 Å². The molecule has 35 heavy (non-hydrogen) atoms. The molecule has 0 aromatic heterocycles. The number of hydrogen-bond donors (Lipinski definition) is 0. The maximum Gasteiger partial charge on any atom is 0.409 e. The Morgan fingerprint density at radius 3 is 1.94 bits per heavy atom. The molecule has 2 aromatic rings. The van der Waals surface area contributed by atoms with E-state index in [1.54, 1.807) is 11.9 Å². The summed E-state index contributed by atoms with van der Waals surface area (Å²) in [5.41, 5.74) is 4.86. The van der Waals surface area contributed by atoms with Gasteiger partial charge in [0.05, 0.1) is 33.0 Å². The van der Waals surface area contributed by atoms with Crippen LogP contribution in [0, 0.1) is 0 Å². The van der Waals surface area contributed by atoms with Gasteiger partial charge in [-0.25, -0.2) is 4.79 Å². The molecule has 0 saturated carbocycles. The van der Waals surface area contributed by atoms with E-state index < -0.39 is 8.32 Å². The third kappa shape index (κ3) is 7.16. The second-order valence-electron chi connectivity index (χ2n) is 10.6. The fourth-order valence-corrected chi connectivity index (χ4v) is 4.92. The summed E-state index contributed by atoms with van der Waals surface area (Å²) in [5.74, 6) is 0.0637. The number of carbonyl (C=O) groups is 1. The first kappa shape index (κ1) is 27.4. The molecular formula is C28H41NO5Si. The average molecular weight is 500 g/mol. The fourth-order valence-electron chi connectivity index (χ4n) is 3.89. The van der Waals surface area contributed by atoms with Gasteiger partial charge in [0.1, 0.15) is 6.61 Å². The number of likely N-dealkylation sites (N-methyl/N-ethyl adjacent to an activating group) is 1. The van der Waals surface area contributed by atoms with Crippen molar-refractivity contribution >= 4 is 14.4 Å². The quantitative estimate of drug-likeness (QED) is 0.268. The van der Waals surface area contributed by atoms with Gasteiger partial charge in [-0.15, -0.1) is 0 Å². The Bertz CT molecular complexity index is 926. The Hall–Kier alpha value is -2.19. The molecule has 1 amide bonds. The molecule has 0 bridgehead atoms. The number of benzene rings is 2. The van der Waals surface area contributed by atoms with Crippen molar-refractivity contribution in [1.29, 1.82) is 0 Å². The molecule has 0 N–H and O–H groups in total. The van der Waals surface area contributed by atoms with Crippen LogP contribution < -0.4 is 0 Å². The highest BCUT2D eigenvalue weighted by Crippen LogP contribution is 2.44. The van der Waals surface area contributed by atoms with Crippen molar-refractivity contribution in [3.05, 3.63) is 59.7 Å². The van der Waals surface area contributed by atoms with Gasteiger partial charge in [-0.1, -0.05) is 69.3 Å². The van der Waals surface area contributed by atoms with Crippen LogP contribution in [0.3, 0.4) is 0 Å². The summed E-state index contributed by atoms with van der Waals surface area (Å²) in [6, 6.07) is 16.7. The third-order valence-electron chi connectivity index (χ3n) is 7.09. The monoisotopic (exact) mass is 499 g/mol. The third-order valence-corrected chi connectivity index (χ3v) is 11.6. The predicted octanol–water partition coefficient (Wildman–Crippen LogP) is 5.92. The van der Waals surface area contributed by atoms with Crippen LogP contribution >= 0.6 is 0 Å². The highest BCUT2D eigenvalue weighted by atomic mass is 28.4. The van der Waals surface area contributed by atoms with E-state index in [-0.39, 0.29) is 17.0 Å². The molecule has 0 aliphatic heterocycles. The fraction of sp³-hybridized carbons (Fsp3) is 0.536. The van der Waals surface area contributed by atoms with Gasteiger partial charge in [0.25, 0.3) is 0 Å². The molecular weight excluding hydrogens is 458 g/mol. The van der Waals surface area contributed by atoms with Crippen LogP contribution in [0.1, 0.15) is 37.8 Å². The number of amides is 1. The highest BCUT2D eigenvalue weighted by molar-refractivity contribution is 6.74. The van der Waals surface area contributed by atoms with E-state index >= 15 is 0 Å². The zero-order valence-corrected chi connectivity index (χ0v) is 23.1. The zero-order chi connectivity index (χ0) is 25.5. The van der Waals surface area contributed by atoms with E-state index in [1.165, 1.54) is 22.3 Å². The molecule has 0 spiro atoms. The molecule has 192 valence electrons. The summed E-state index contributed by atoms with van der Waals surface area (Å²) in [7, 11) is 0.0124. The second-order valence-corrected chi connectivity index (χ2v) is 15.4. The number of fused-ring (bicyclic) bond motifs is 3. The van der Waals surface area contributed by atoms with E-state index in [4.69, 9.17) is 18.6 Å². The van der Waals surface area contributed by atoms with Gasteiger partial charge < -0.3 is 23.5 Å². The van der Waals surface area contributed by atoms with Crippen molar-refractivity contribution in [2.45, 2.75) is 44.8 Å². The van der Waals surface area contributed by atoms with Gasteiger partial charge >= 0.3 is 6.09 Å². The van der Waals surface area contributed by atoms with Crippen molar-refractivity contribution in [2.24, 2.45) is 0 Å². The molecule has 0 heterocycles. The number of hydrogen-bond acceptors (Lipinski definition) is 5. The largest absolute Gasteiger partial charge is 0.448 e. The van der Waals surface area contributed by atoms with Gasteiger partial charge in [0.2, 0.25) is 0 Å².